The lowest BCUT2D eigenvalue weighted by molar-refractivity contribution is -0.145. The minimum atomic E-state index is -6.19. The minimum Gasteiger partial charge on any atom is -0.327 e. The van der Waals surface area contributed by atoms with E-state index in [0.717, 1.165) is 0 Å². The molecule has 0 rings (SSSR count). The lowest BCUT2D eigenvalue weighted by Crippen LogP contribution is -2.52. The second-order valence-electron chi connectivity index (χ2n) is 8.05. The fraction of sp³-hybridized carbons (Fsp3) is 0.800. The summed E-state index contributed by atoms with van der Waals surface area (Å²) in [5, 5.41) is 0. The standard InChI is InChI=1S/C7H7F9O3S.C7H8F8O3S.2C3H7N/c8-1(3(10)5(12)13)2(9)4(11)7(15,16)6(14)20(17,18)19;8-1(2(9)4(11)6(13)14)3(10)5(12)7(15)19(16,17)18;2*1-2-3-4/h1-6H,(H,17,18,19);1-7H,(H,16,17,18);2*2H,1,3-4H2. The summed E-state index contributed by atoms with van der Waals surface area (Å²) in [7, 11) is -11.9. The molecule has 286 valence electrons. The summed E-state index contributed by atoms with van der Waals surface area (Å²) in [4.78, 5) is 0. The Bertz CT molecular complexity index is 1070. The molecule has 11 unspecified atom stereocenters. The van der Waals surface area contributed by atoms with Gasteiger partial charge in [-0.15, -0.1) is 13.2 Å². The Morgan fingerprint density at radius 3 is 1.02 bits per heavy atom. The molecule has 8 nitrogen and oxygen atoms in total. The quantitative estimate of drug-likeness (QED) is 0.0987. The topological polar surface area (TPSA) is 161 Å². The molecule has 0 fully saturated rings. The van der Waals surface area contributed by atoms with E-state index >= 15 is 0 Å². The van der Waals surface area contributed by atoms with Gasteiger partial charge in [-0.1, -0.05) is 12.2 Å². The van der Waals surface area contributed by atoms with Gasteiger partial charge in [0.05, 0.1) is 0 Å². The van der Waals surface area contributed by atoms with E-state index < -0.39 is 106 Å². The summed E-state index contributed by atoms with van der Waals surface area (Å²) in [5.74, 6) is -5.82. The zero-order valence-corrected chi connectivity index (χ0v) is 24.5. The van der Waals surface area contributed by atoms with Crippen LogP contribution in [0.3, 0.4) is 0 Å². The van der Waals surface area contributed by atoms with Crippen LogP contribution >= 0.6 is 0 Å². The minimum absolute atomic E-state index is 0.583. The molecule has 11 atom stereocenters. The number of hydrogen-bond acceptors (Lipinski definition) is 6. The number of alkyl halides is 17. The molecule has 0 heterocycles. The van der Waals surface area contributed by atoms with Crippen molar-refractivity contribution in [3.8, 4) is 0 Å². The van der Waals surface area contributed by atoms with Crippen molar-refractivity contribution >= 4 is 20.2 Å². The largest absolute Gasteiger partial charge is 0.328 e. The molecule has 0 aliphatic heterocycles. The third-order valence-corrected chi connectivity index (χ3v) is 6.05. The molecule has 0 aromatic carbocycles. The van der Waals surface area contributed by atoms with E-state index in [1.54, 1.807) is 12.2 Å². The predicted molar refractivity (Wildman–Crippen MR) is 132 cm³/mol. The second-order valence-corrected chi connectivity index (χ2v) is 11.0. The lowest BCUT2D eigenvalue weighted by Gasteiger charge is -2.27. The van der Waals surface area contributed by atoms with Crippen LogP contribution in [0.5, 0.6) is 0 Å². The fourth-order valence-corrected chi connectivity index (χ4v) is 2.99. The van der Waals surface area contributed by atoms with Crippen LogP contribution in [0.4, 0.5) is 74.6 Å². The monoisotopic (exact) mass is 780 g/mol. The van der Waals surface area contributed by atoms with E-state index in [1.165, 1.54) is 0 Å². The number of halogens is 17. The molecule has 47 heavy (non-hydrogen) atoms. The maximum atomic E-state index is 12.8. The van der Waals surface area contributed by atoms with E-state index in [2.05, 4.69) is 13.2 Å². The predicted octanol–water partition coefficient (Wildman–Crippen LogP) is 4.81. The molecular formula is C20H29F17N2O6S2. The van der Waals surface area contributed by atoms with Crippen molar-refractivity contribution in [2.45, 2.75) is 85.3 Å². The van der Waals surface area contributed by atoms with Crippen LogP contribution in [-0.4, -0.2) is 124 Å². The average Bonchev–Trinajstić information content (AvgIpc) is 2.99. The third-order valence-electron chi connectivity index (χ3n) is 4.39. The summed E-state index contributed by atoms with van der Waals surface area (Å²) in [6, 6.07) is 0. The highest BCUT2D eigenvalue weighted by atomic mass is 32.2. The van der Waals surface area contributed by atoms with Gasteiger partial charge < -0.3 is 11.5 Å². The van der Waals surface area contributed by atoms with Crippen LogP contribution in [0.2, 0.25) is 0 Å². The van der Waals surface area contributed by atoms with Crippen LogP contribution in [-0.2, 0) is 20.2 Å². The maximum Gasteiger partial charge on any atom is 0.328 e. The molecule has 0 bridgehead atoms. The Labute approximate surface area is 256 Å². The zero-order chi connectivity index (χ0) is 38.8. The SMILES string of the molecule is C=CCN.C=CCN.O=S(=O)(O)C(F)C(F)(F)C(F)C(F)C(F)C(F)C(F)F.O=S(=O)(O)C(F)C(F)C(F)C(F)C(F)C(F)C(F)F. The Kier molecular flexibility index (Phi) is 25.8. The van der Waals surface area contributed by atoms with Gasteiger partial charge in [-0.2, -0.15) is 25.6 Å². The van der Waals surface area contributed by atoms with Crippen molar-refractivity contribution in [2.75, 3.05) is 13.1 Å². The van der Waals surface area contributed by atoms with E-state index in [1.807, 2.05) is 0 Å². The smallest absolute Gasteiger partial charge is 0.327 e. The third kappa shape index (κ3) is 19.0. The lowest BCUT2D eigenvalue weighted by atomic mass is 10.0. The number of rotatable bonds is 16. The first kappa shape index (κ1) is 51.9. The van der Waals surface area contributed by atoms with Gasteiger partial charge in [-0.05, 0) is 0 Å². The van der Waals surface area contributed by atoms with E-state index in [9.17, 15) is 91.5 Å². The molecule has 0 saturated carbocycles. The highest BCUT2D eigenvalue weighted by molar-refractivity contribution is 7.86. The molecule has 0 aliphatic carbocycles. The first-order valence-electron chi connectivity index (χ1n) is 11.5. The van der Waals surface area contributed by atoms with Crippen LogP contribution in [0, 0.1) is 0 Å². The van der Waals surface area contributed by atoms with Crippen molar-refractivity contribution in [3.63, 3.8) is 0 Å². The fourth-order valence-electron chi connectivity index (χ4n) is 1.99. The summed E-state index contributed by atoms with van der Waals surface area (Å²) < 4.78 is 267. The van der Waals surface area contributed by atoms with Gasteiger partial charge in [-0.25, -0.2) is 65.9 Å². The first-order valence-corrected chi connectivity index (χ1v) is 14.5. The molecule has 27 heteroatoms. The summed E-state index contributed by atoms with van der Waals surface area (Å²) in [6.07, 6.45) is -41.2. The van der Waals surface area contributed by atoms with Gasteiger partial charge in [0.2, 0.25) is 6.17 Å². The second kappa shape index (κ2) is 23.4. The molecule has 0 saturated heterocycles. The van der Waals surface area contributed by atoms with Crippen LogP contribution in [0.15, 0.2) is 25.3 Å². The molecule has 0 spiro atoms. The van der Waals surface area contributed by atoms with Crippen molar-refractivity contribution in [3.05, 3.63) is 25.3 Å². The highest BCUT2D eigenvalue weighted by Crippen LogP contribution is 2.36. The molecular weight excluding hydrogens is 751 g/mol. The molecule has 0 aromatic heterocycles. The molecule has 6 N–H and O–H groups in total. The van der Waals surface area contributed by atoms with Crippen molar-refractivity contribution in [2.24, 2.45) is 11.5 Å². The summed E-state index contributed by atoms with van der Waals surface area (Å²) >= 11 is 0. The highest BCUT2D eigenvalue weighted by Gasteiger charge is 2.60. The summed E-state index contributed by atoms with van der Waals surface area (Å²) in [5.41, 5.74) is 1.18. The van der Waals surface area contributed by atoms with Gasteiger partial charge in [-0.3, -0.25) is 9.11 Å². The van der Waals surface area contributed by atoms with Crippen LogP contribution in [0.1, 0.15) is 0 Å². The Balaban J connectivity index is -0.000000320. The van der Waals surface area contributed by atoms with Crippen molar-refractivity contribution in [1.29, 1.82) is 0 Å². The Morgan fingerprint density at radius 2 is 0.787 bits per heavy atom. The van der Waals surface area contributed by atoms with Gasteiger partial charge in [0.1, 0.15) is 0 Å². The molecule has 0 amide bonds. The number of nitrogens with two attached hydrogens (primary N) is 2. The summed E-state index contributed by atoms with van der Waals surface area (Å²) in [6.45, 7) is 7.87. The first-order chi connectivity index (χ1) is 21.0. The van der Waals surface area contributed by atoms with E-state index in [-0.39, 0.29) is 0 Å². The Hall–Kier alpha value is -1.97. The normalized spacial score (nSPS) is 19.3. The average molecular weight is 781 g/mol. The van der Waals surface area contributed by atoms with E-state index in [0.29, 0.717) is 13.1 Å². The molecule has 0 aromatic rings. The molecule has 0 radical (unpaired) electrons. The number of hydrogen-bond donors (Lipinski definition) is 4. The van der Waals surface area contributed by atoms with Gasteiger partial charge in [0.15, 0.2) is 49.4 Å². The van der Waals surface area contributed by atoms with E-state index in [4.69, 9.17) is 20.6 Å². The van der Waals surface area contributed by atoms with Gasteiger partial charge in [0, 0.05) is 13.1 Å². The molecule has 0 aliphatic rings. The van der Waals surface area contributed by atoms with Gasteiger partial charge in [0.25, 0.3) is 23.9 Å². The maximum absolute atomic E-state index is 12.8. The Morgan fingerprint density at radius 1 is 0.532 bits per heavy atom. The van der Waals surface area contributed by atoms with Crippen LogP contribution < -0.4 is 11.5 Å². The zero-order valence-electron chi connectivity index (χ0n) is 22.9. The van der Waals surface area contributed by atoms with Crippen molar-refractivity contribution < 1.29 is 101 Å². The van der Waals surface area contributed by atoms with Gasteiger partial charge >= 0.3 is 26.2 Å². The van der Waals surface area contributed by atoms with Crippen molar-refractivity contribution in [1.82, 2.24) is 0 Å². The van der Waals surface area contributed by atoms with Crippen LogP contribution in [0.25, 0.3) is 0 Å².